The van der Waals surface area contributed by atoms with Gasteiger partial charge in [0.15, 0.2) is 11.6 Å². The van der Waals surface area contributed by atoms with Crippen LogP contribution in [-0.2, 0) is 14.8 Å². The van der Waals surface area contributed by atoms with E-state index in [4.69, 9.17) is 0 Å². The molecule has 3 aliphatic heterocycles. The van der Waals surface area contributed by atoms with Crippen molar-refractivity contribution in [3.05, 3.63) is 59.8 Å². The molecule has 0 atom stereocenters. The maximum atomic E-state index is 13.0. The molecule has 7 nitrogen and oxygen atoms in total. The Bertz CT molecular complexity index is 988. The molecule has 146 valence electrons. The average molecular weight is 399 g/mol. The average Bonchev–Trinajstić information content (AvgIpc) is 2.72. The Morgan fingerprint density at radius 3 is 2.46 bits per heavy atom. The molecule has 0 spiro atoms. The molecule has 1 saturated heterocycles. The van der Waals surface area contributed by atoms with Crippen molar-refractivity contribution in [3.8, 4) is 0 Å². The standard InChI is InChI=1S/C20H21N3O4S/c24-18(15-5-2-1-3-6-15)16-8-11-23(12-9-16)20(25)17-7-4-10-22-13-14-28(26,27)21-19(17)22/h1-7,10,16H,8-9,11-14H2. The van der Waals surface area contributed by atoms with Gasteiger partial charge in [-0.05, 0) is 25.0 Å². The van der Waals surface area contributed by atoms with Crippen molar-refractivity contribution in [2.75, 3.05) is 25.4 Å². The summed E-state index contributed by atoms with van der Waals surface area (Å²) >= 11 is 0. The number of Topliss-reactive ketones (excluding diaryl/α,β-unsaturated/α-hetero) is 1. The first kappa shape index (κ1) is 18.6. The molecule has 0 unspecified atom stereocenters. The van der Waals surface area contributed by atoms with Crippen LogP contribution >= 0.6 is 0 Å². The number of benzene rings is 1. The third-order valence-electron chi connectivity index (χ3n) is 5.30. The van der Waals surface area contributed by atoms with E-state index in [2.05, 4.69) is 4.40 Å². The first-order valence-corrected chi connectivity index (χ1v) is 10.9. The Morgan fingerprint density at radius 2 is 1.75 bits per heavy atom. The molecule has 1 aromatic rings. The fourth-order valence-corrected chi connectivity index (χ4v) is 4.72. The van der Waals surface area contributed by atoms with Gasteiger partial charge in [0, 0.05) is 37.3 Å². The van der Waals surface area contributed by atoms with Gasteiger partial charge in [0.25, 0.3) is 15.9 Å². The number of hydrogen-bond donors (Lipinski definition) is 0. The minimum absolute atomic E-state index is 0.0602. The van der Waals surface area contributed by atoms with Crippen molar-refractivity contribution in [3.63, 3.8) is 0 Å². The SMILES string of the molecule is O=C(c1ccccc1)C1CCN(C(=O)C2=CC=CN3CCS(=O)(=O)N=C23)CC1. The van der Waals surface area contributed by atoms with Gasteiger partial charge in [0.1, 0.15) is 0 Å². The highest BCUT2D eigenvalue weighted by Crippen LogP contribution is 2.25. The smallest absolute Gasteiger partial charge is 0.257 e. The van der Waals surface area contributed by atoms with E-state index in [0.29, 0.717) is 37.1 Å². The molecule has 0 aliphatic carbocycles. The van der Waals surface area contributed by atoms with Gasteiger partial charge in [-0.1, -0.05) is 30.3 Å². The van der Waals surface area contributed by atoms with E-state index >= 15 is 0 Å². The van der Waals surface area contributed by atoms with Gasteiger partial charge in [-0.2, -0.15) is 0 Å². The molecule has 1 aromatic carbocycles. The van der Waals surface area contributed by atoms with E-state index in [-0.39, 0.29) is 35.7 Å². The highest BCUT2D eigenvalue weighted by Gasteiger charge is 2.34. The number of carbonyl (C=O) groups excluding carboxylic acids is 2. The molecule has 0 aromatic heterocycles. The first-order chi connectivity index (χ1) is 13.4. The van der Waals surface area contributed by atoms with E-state index in [9.17, 15) is 18.0 Å². The summed E-state index contributed by atoms with van der Waals surface area (Å²) in [5.74, 6) is -0.0935. The van der Waals surface area contributed by atoms with Gasteiger partial charge in [0.05, 0.1) is 11.3 Å². The number of amidine groups is 1. The lowest BCUT2D eigenvalue weighted by Crippen LogP contribution is -2.46. The number of ketones is 1. The number of sulfonamides is 1. The third kappa shape index (κ3) is 3.64. The number of allylic oxidation sites excluding steroid dienone is 2. The van der Waals surface area contributed by atoms with Gasteiger partial charge in [-0.3, -0.25) is 9.59 Å². The third-order valence-corrected chi connectivity index (χ3v) is 6.45. The summed E-state index contributed by atoms with van der Waals surface area (Å²) in [6, 6.07) is 9.20. The highest BCUT2D eigenvalue weighted by molar-refractivity contribution is 7.90. The fraction of sp³-hybridized carbons (Fsp3) is 0.350. The van der Waals surface area contributed by atoms with E-state index in [1.165, 1.54) is 0 Å². The largest absolute Gasteiger partial charge is 0.338 e. The highest BCUT2D eigenvalue weighted by atomic mass is 32.2. The number of amides is 1. The van der Waals surface area contributed by atoms with Crippen LogP contribution in [0.2, 0.25) is 0 Å². The van der Waals surface area contributed by atoms with Gasteiger partial charge >= 0.3 is 0 Å². The molecule has 1 fully saturated rings. The Kier molecular flexibility index (Phi) is 4.89. The molecule has 28 heavy (non-hydrogen) atoms. The van der Waals surface area contributed by atoms with Crippen molar-refractivity contribution >= 4 is 27.5 Å². The molecular formula is C20H21N3O4S. The van der Waals surface area contributed by atoms with Gasteiger partial charge in [-0.15, -0.1) is 4.40 Å². The number of rotatable bonds is 3. The Morgan fingerprint density at radius 1 is 1.04 bits per heavy atom. The molecule has 0 bridgehead atoms. The van der Waals surface area contributed by atoms with Crippen molar-refractivity contribution in [2.45, 2.75) is 12.8 Å². The lowest BCUT2D eigenvalue weighted by atomic mass is 9.88. The predicted octanol–water partition coefficient (Wildman–Crippen LogP) is 1.61. The normalized spacial score (nSPS) is 21.6. The Labute approximate surface area is 164 Å². The van der Waals surface area contributed by atoms with E-state index < -0.39 is 10.0 Å². The summed E-state index contributed by atoms with van der Waals surface area (Å²) in [6.45, 7) is 1.21. The van der Waals surface area contributed by atoms with Crippen LogP contribution in [-0.4, -0.2) is 61.1 Å². The van der Waals surface area contributed by atoms with E-state index in [0.717, 1.165) is 0 Å². The summed E-state index contributed by atoms with van der Waals surface area (Å²) in [7, 11) is -3.54. The Balaban J connectivity index is 1.46. The summed E-state index contributed by atoms with van der Waals surface area (Å²) in [5.41, 5.74) is 0.989. The van der Waals surface area contributed by atoms with Crippen LogP contribution in [0.5, 0.6) is 0 Å². The molecule has 0 N–H and O–H groups in total. The van der Waals surface area contributed by atoms with Gasteiger partial charge in [0.2, 0.25) is 0 Å². The molecule has 3 heterocycles. The number of hydrogen-bond acceptors (Lipinski definition) is 5. The topological polar surface area (TPSA) is 87.1 Å². The zero-order valence-corrected chi connectivity index (χ0v) is 16.1. The van der Waals surface area contributed by atoms with Crippen molar-refractivity contribution < 1.29 is 18.0 Å². The number of likely N-dealkylation sites (tertiary alicyclic amines) is 1. The summed E-state index contributed by atoms with van der Waals surface area (Å²) in [4.78, 5) is 29.0. The quantitative estimate of drug-likeness (QED) is 0.721. The lowest BCUT2D eigenvalue weighted by Gasteiger charge is -2.34. The lowest BCUT2D eigenvalue weighted by molar-refractivity contribution is -0.127. The molecule has 4 rings (SSSR count). The Hall–Kier alpha value is -2.74. The van der Waals surface area contributed by atoms with Crippen LogP contribution in [0.25, 0.3) is 0 Å². The van der Waals surface area contributed by atoms with Crippen LogP contribution < -0.4 is 0 Å². The van der Waals surface area contributed by atoms with Crippen molar-refractivity contribution in [1.82, 2.24) is 9.80 Å². The van der Waals surface area contributed by atoms with Crippen LogP contribution in [0.1, 0.15) is 23.2 Å². The van der Waals surface area contributed by atoms with Crippen molar-refractivity contribution in [2.24, 2.45) is 10.3 Å². The second-order valence-corrected chi connectivity index (χ2v) is 8.87. The minimum atomic E-state index is -3.54. The van der Waals surface area contributed by atoms with Gasteiger partial charge < -0.3 is 9.80 Å². The maximum absolute atomic E-state index is 13.0. The van der Waals surface area contributed by atoms with Gasteiger partial charge in [-0.25, -0.2) is 8.42 Å². The second-order valence-electron chi connectivity index (χ2n) is 7.11. The van der Waals surface area contributed by atoms with Crippen LogP contribution in [0.3, 0.4) is 0 Å². The summed E-state index contributed by atoms with van der Waals surface area (Å²) < 4.78 is 27.6. The molecule has 1 amide bonds. The maximum Gasteiger partial charge on any atom is 0.257 e. The van der Waals surface area contributed by atoms with Crippen LogP contribution in [0, 0.1) is 5.92 Å². The molecule has 3 aliphatic rings. The number of fused-ring (bicyclic) bond motifs is 1. The molecule has 0 radical (unpaired) electrons. The van der Waals surface area contributed by atoms with E-state index in [1.54, 1.807) is 28.2 Å². The van der Waals surface area contributed by atoms with Crippen LogP contribution in [0.4, 0.5) is 0 Å². The fourth-order valence-electron chi connectivity index (χ4n) is 3.74. The number of carbonyl (C=O) groups is 2. The number of nitrogens with zero attached hydrogens (tertiary/aromatic N) is 3. The predicted molar refractivity (Wildman–Crippen MR) is 105 cm³/mol. The first-order valence-electron chi connectivity index (χ1n) is 9.31. The zero-order chi connectivity index (χ0) is 19.7. The number of piperidine rings is 1. The summed E-state index contributed by atoms with van der Waals surface area (Å²) in [6.07, 6.45) is 6.26. The summed E-state index contributed by atoms with van der Waals surface area (Å²) in [5, 5.41) is 0. The second kappa shape index (κ2) is 7.35. The van der Waals surface area contributed by atoms with Crippen molar-refractivity contribution in [1.29, 1.82) is 0 Å². The molecular weight excluding hydrogens is 378 g/mol. The molecule has 8 heteroatoms. The molecule has 0 saturated carbocycles. The van der Waals surface area contributed by atoms with E-state index in [1.807, 2.05) is 30.3 Å². The zero-order valence-electron chi connectivity index (χ0n) is 15.3. The minimum Gasteiger partial charge on any atom is -0.338 e. The monoisotopic (exact) mass is 399 g/mol. The van der Waals surface area contributed by atoms with Crippen LogP contribution in [0.15, 0.2) is 58.7 Å².